The predicted molar refractivity (Wildman–Crippen MR) is 152 cm³/mol. The number of amides is 1. The summed E-state index contributed by atoms with van der Waals surface area (Å²) in [5.74, 6) is -0.869. The summed E-state index contributed by atoms with van der Waals surface area (Å²) in [5, 5.41) is 23.0. The van der Waals surface area contributed by atoms with Crippen LogP contribution < -0.4 is 21.3 Å². The number of halogens is 8. The van der Waals surface area contributed by atoms with Gasteiger partial charge in [-0.1, -0.05) is 43.1 Å². The summed E-state index contributed by atoms with van der Waals surface area (Å²) in [5.41, 5.74) is -3.56. The summed E-state index contributed by atoms with van der Waals surface area (Å²) in [6, 6.07) is 4.40. The molecule has 0 saturated heterocycles. The molecule has 0 aliphatic heterocycles. The Balaban J connectivity index is 2.16. The molecular weight excluding hydrogens is 609 g/mol. The van der Waals surface area contributed by atoms with E-state index in [0.29, 0.717) is 23.6 Å². The predicted octanol–water partition coefficient (Wildman–Crippen LogP) is 6.41. The van der Waals surface area contributed by atoms with Gasteiger partial charge in [0.05, 0.1) is 27.2 Å². The molecule has 4 atom stereocenters. The van der Waals surface area contributed by atoms with E-state index in [1.54, 1.807) is 6.07 Å². The molecule has 0 aromatic heterocycles. The maximum Gasteiger partial charge on any atom is 0.416 e. The number of benzene rings is 2. The molecule has 14 heteroatoms. The third-order valence-electron chi connectivity index (χ3n) is 6.75. The summed E-state index contributed by atoms with van der Waals surface area (Å²) in [6.45, 7) is 7.75. The number of hydrogen-bond acceptors (Lipinski definition) is 5. The molecule has 0 heterocycles. The number of carbonyl (C=O) groups excluding carboxylic acids is 1. The van der Waals surface area contributed by atoms with Crippen molar-refractivity contribution in [2.45, 2.75) is 64.3 Å². The smallest absolute Gasteiger partial charge is 0.377 e. The van der Waals surface area contributed by atoms with Crippen molar-refractivity contribution in [3.63, 3.8) is 0 Å². The summed E-state index contributed by atoms with van der Waals surface area (Å²) in [6.07, 6.45) is -9.38. The second-order valence-corrected chi connectivity index (χ2v) is 10.9. The van der Waals surface area contributed by atoms with Crippen LogP contribution in [0.3, 0.4) is 0 Å². The number of aliphatic hydroxyl groups is 1. The first-order chi connectivity index (χ1) is 19.5. The van der Waals surface area contributed by atoms with Gasteiger partial charge in [-0.05, 0) is 74.7 Å². The molecule has 0 spiro atoms. The Kier molecular flexibility index (Phi) is 13.9. The van der Waals surface area contributed by atoms with Crippen molar-refractivity contribution in [1.82, 2.24) is 21.3 Å². The molecule has 6 nitrogen and oxygen atoms in total. The minimum atomic E-state index is -5.10. The van der Waals surface area contributed by atoms with E-state index in [2.05, 4.69) is 35.1 Å². The van der Waals surface area contributed by atoms with Gasteiger partial charge in [0.1, 0.15) is 6.23 Å². The second-order valence-electron chi connectivity index (χ2n) is 10.1. The molecule has 0 saturated carbocycles. The lowest BCUT2D eigenvalue weighted by Gasteiger charge is -2.27. The normalized spacial score (nSPS) is 15.2. The largest absolute Gasteiger partial charge is 0.416 e. The van der Waals surface area contributed by atoms with Gasteiger partial charge in [0.2, 0.25) is 0 Å². The number of carbonyl (C=O) groups is 1. The van der Waals surface area contributed by atoms with Crippen LogP contribution in [0.15, 0.2) is 36.4 Å². The van der Waals surface area contributed by atoms with Crippen molar-refractivity contribution in [2.75, 3.05) is 26.2 Å². The van der Waals surface area contributed by atoms with Crippen LogP contribution in [0.25, 0.3) is 0 Å². The fourth-order valence-corrected chi connectivity index (χ4v) is 4.36. The Hall–Kier alpha value is -2.09. The van der Waals surface area contributed by atoms with Gasteiger partial charge in [-0.3, -0.25) is 10.1 Å². The topological polar surface area (TPSA) is 85.4 Å². The zero-order valence-corrected chi connectivity index (χ0v) is 24.9. The molecule has 2 aromatic rings. The quantitative estimate of drug-likeness (QED) is 0.0879. The zero-order valence-electron chi connectivity index (χ0n) is 23.4. The van der Waals surface area contributed by atoms with Crippen molar-refractivity contribution in [3.8, 4) is 0 Å². The first-order valence-electron chi connectivity index (χ1n) is 13.4. The Bertz CT molecular complexity index is 1130. The van der Waals surface area contributed by atoms with Crippen molar-refractivity contribution in [2.24, 2.45) is 5.92 Å². The fourth-order valence-electron chi connectivity index (χ4n) is 4.06. The highest BCUT2D eigenvalue weighted by Gasteiger charge is 2.37. The van der Waals surface area contributed by atoms with Gasteiger partial charge in [-0.25, -0.2) is 0 Å². The van der Waals surface area contributed by atoms with Gasteiger partial charge in [-0.15, -0.1) is 0 Å². The number of hydrogen-bond donors (Lipinski definition) is 5. The van der Waals surface area contributed by atoms with Gasteiger partial charge in [0.25, 0.3) is 5.91 Å². The standard InChI is InChI=1S/C28H36Cl2F6N4O2/c1-4-8-37-9-7-16(2)17(3)38-15-25(41)40-24(18-5-6-22(29)23(30)12-18)14-39-26(42)19-10-20(27(31,32)33)13-21(11-19)28(34,35)36/h5-6,10-13,16-17,24-25,37-38,40-41H,4,7-9,14-15H2,1-3H3,(H,39,42). The molecule has 1 amide bonds. The highest BCUT2D eigenvalue weighted by atomic mass is 35.5. The van der Waals surface area contributed by atoms with E-state index >= 15 is 0 Å². The maximum absolute atomic E-state index is 13.3. The summed E-state index contributed by atoms with van der Waals surface area (Å²) < 4.78 is 79.5. The average Bonchev–Trinajstić information content (AvgIpc) is 2.92. The lowest BCUT2D eigenvalue weighted by Crippen LogP contribution is -2.47. The van der Waals surface area contributed by atoms with E-state index in [-0.39, 0.29) is 35.2 Å². The van der Waals surface area contributed by atoms with Crippen LogP contribution in [-0.4, -0.2) is 49.5 Å². The van der Waals surface area contributed by atoms with Gasteiger partial charge >= 0.3 is 12.4 Å². The molecule has 0 fully saturated rings. The molecule has 0 aliphatic rings. The minimum Gasteiger partial charge on any atom is -0.377 e. The van der Waals surface area contributed by atoms with Gasteiger partial charge in [0.15, 0.2) is 0 Å². The molecule has 4 unspecified atom stereocenters. The van der Waals surface area contributed by atoms with Crippen LogP contribution in [0.2, 0.25) is 10.0 Å². The summed E-state index contributed by atoms with van der Waals surface area (Å²) >= 11 is 12.1. The number of aliphatic hydroxyl groups excluding tert-OH is 1. The third kappa shape index (κ3) is 11.5. The first kappa shape index (κ1) is 36.1. The van der Waals surface area contributed by atoms with E-state index in [0.717, 1.165) is 25.9 Å². The van der Waals surface area contributed by atoms with Crippen molar-refractivity contribution in [1.29, 1.82) is 0 Å². The molecule has 236 valence electrons. The van der Waals surface area contributed by atoms with Crippen molar-refractivity contribution < 1.29 is 36.2 Å². The number of nitrogens with one attached hydrogen (secondary N) is 4. The molecule has 0 bridgehead atoms. The Morgan fingerprint density at radius 1 is 0.905 bits per heavy atom. The van der Waals surface area contributed by atoms with Gasteiger partial charge < -0.3 is 21.1 Å². The lowest BCUT2D eigenvalue weighted by atomic mass is 9.99. The lowest BCUT2D eigenvalue weighted by molar-refractivity contribution is -0.143. The van der Waals surface area contributed by atoms with E-state index in [1.165, 1.54) is 12.1 Å². The molecule has 42 heavy (non-hydrogen) atoms. The van der Waals surface area contributed by atoms with E-state index in [4.69, 9.17) is 23.2 Å². The van der Waals surface area contributed by atoms with Crippen molar-refractivity contribution in [3.05, 3.63) is 68.7 Å². The summed E-state index contributed by atoms with van der Waals surface area (Å²) in [7, 11) is 0. The van der Waals surface area contributed by atoms with E-state index < -0.39 is 47.2 Å². The molecule has 0 aliphatic carbocycles. The van der Waals surface area contributed by atoms with E-state index in [1.807, 2.05) is 6.92 Å². The highest BCUT2D eigenvalue weighted by molar-refractivity contribution is 6.42. The van der Waals surface area contributed by atoms with Gasteiger partial charge in [-0.2, -0.15) is 26.3 Å². The maximum atomic E-state index is 13.3. The molecule has 2 aromatic carbocycles. The molecule has 0 radical (unpaired) electrons. The first-order valence-corrected chi connectivity index (χ1v) is 14.2. The highest BCUT2D eigenvalue weighted by Crippen LogP contribution is 2.36. The Labute approximate surface area is 251 Å². The summed E-state index contributed by atoms with van der Waals surface area (Å²) in [4.78, 5) is 12.8. The van der Waals surface area contributed by atoms with E-state index in [9.17, 15) is 36.2 Å². The van der Waals surface area contributed by atoms with Crippen LogP contribution in [0.4, 0.5) is 26.3 Å². The molecule has 5 N–H and O–H groups in total. The van der Waals surface area contributed by atoms with Crippen LogP contribution >= 0.6 is 23.2 Å². The van der Waals surface area contributed by atoms with Gasteiger partial charge in [0, 0.05) is 24.7 Å². The Morgan fingerprint density at radius 2 is 1.52 bits per heavy atom. The molecule has 2 rings (SSSR count). The second kappa shape index (κ2) is 16.1. The Morgan fingerprint density at radius 3 is 2.07 bits per heavy atom. The number of alkyl halides is 6. The van der Waals surface area contributed by atoms with Crippen LogP contribution in [0.5, 0.6) is 0 Å². The number of rotatable bonds is 15. The van der Waals surface area contributed by atoms with Crippen molar-refractivity contribution >= 4 is 29.1 Å². The van der Waals surface area contributed by atoms with Crippen LogP contribution in [0, 0.1) is 5.92 Å². The minimum absolute atomic E-state index is 0.0518. The van der Waals surface area contributed by atoms with Crippen LogP contribution in [-0.2, 0) is 12.4 Å². The fraction of sp³-hybridized carbons (Fsp3) is 0.536. The average molecular weight is 646 g/mol. The third-order valence-corrected chi connectivity index (χ3v) is 7.49. The SMILES string of the molecule is CCCNCCC(C)C(C)NCC(O)NC(CNC(=O)c1cc(C(F)(F)F)cc(C(F)(F)F)c1)c1ccc(Cl)c(Cl)c1. The van der Waals surface area contributed by atoms with Crippen LogP contribution in [0.1, 0.15) is 66.7 Å². The molecular formula is C28H36Cl2F6N4O2. The zero-order chi connectivity index (χ0) is 31.7. The monoisotopic (exact) mass is 644 g/mol.